The normalized spacial score (nSPS) is 29.6. The van der Waals surface area contributed by atoms with E-state index in [1.807, 2.05) is 32.6 Å². The fourth-order valence-electron chi connectivity index (χ4n) is 4.19. The predicted molar refractivity (Wildman–Crippen MR) is 107 cm³/mol. The molecule has 29 heavy (non-hydrogen) atoms. The lowest BCUT2D eigenvalue weighted by Crippen LogP contribution is -2.68. The van der Waals surface area contributed by atoms with Gasteiger partial charge in [-0.3, -0.25) is 14.9 Å². The summed E-state index contributed by atoms with van der Waals surface area (Å²) < 4.78 is 4.77. The lowest BCUT2D eigenvalue weighted by molar-refractivity contribution is -0.143. The summed E-state index contributed by atoms with van der Waals surface area (Å²) in [5.41, 5.74) is -0.947. The van der Waals surface area contributed by atoms with Gasteiger partial charge in [0, 0.05) is 17.6 Å². The number of hydrogen-bond donors (Lipinski definition) is 3. The van der Waals surface area contributed by atoms with Gasteiger partial charge in [-0.05, 0) is 44.0 Å². The predicted octanol–water partition coefficient (Wildman–Crippen LogP) is 1.95. The van der Waals surface area contributed by atoms with Crippen molar-refractivity contribution in [3.63, 3.8) is 0 Å². The van der Waals surface area contributed by atoms with Gasteiger partial charge in [0.2, 0.25) is 0 Å². The first kappa shape index (κ1) is 21.1. The highest BCUT2D eigenvalue weighted by atomic mass is 16.5. The van der Waals surface area contributed by atoms with Gasteiger partial charge in [0.1, 0.15) is 5.66 Å². The monoisotopic (exact) mass is 403 g/mol. The molecule has 1 aromatic carbocycles. The smallest absolute Gasteiger partial charge is 0.337 e. The van der Waals surface area contributed by atoms with Crippen LogP contribution in [0.25, 0.3) is 0 Å². The van der Waals surface area contributed by atoms with Gasteiger partial charge in [-0.25, -0.2) is 4.79 Å². The molecular weight excluding hydrogens is 374 g/mol. The first-order valence-corrected chi connectivity index (χ1v) is 9.75. The lowest BCUT2D eigenvalue weighted by Gasteiger charge is -2.52. The van der Waals surface area contributed by atoms with E-state index in [-0.39, 0.29) is 17.9 Å². The summed E-state index contributed by atoms with van der Waals surface area (Å²) in [6.45, 7) is 8.32. The number of carboxylic acid groups (broad SMARTS) is 1. The molecule has 1 spiro atoms. The number of nitrogens with one attached hydrogen (secondary N) is 2. The van der Waals surface area contributed by atoms with Crippen molar-refractivity contribution in [2.45, 2.75) is 51.9 Å². The van der Waals surface area contributed by atoms with E-state index in [9.17, 15) is 19.5 Å². The third-order valence-electron chi connectivity index (χ3n) is 6.41. The molecule has 3 atom stereocenters. The third kappa shape index (κ3) is 3.25. The molecule has 1 amide bonds. The molecule has 2 aliphatic heterocycles. The highest BCUT2D eigenvalue weighted by Crippen LogP contribution is 2.47. The average Bonchev–Trinajstić information content (AvgIpc) is 2.89. The molecule has 2 saturated heterocycles. The molecule has 8 nitrogen and oxygen atoms in total. The topological polar surface area (TPSA) is 108 Å². The van der Waals surface area contributed by atoms with Crippen LogP contribution in [0, 0.1) is 11.3 Å². The highest BCUT2D eigenvalue weighted by Gasteiger charge is 2.63. The van der Waals surface area contributed by atoms with E-state index >= 15 is 0 Å². The molecule has 3 unspecified atom stereocenters. The van der Waals surface area contributed by atoms with Gasteiger partial charge >= 0.3 is 11.9 Å². The Morgan fingerprint density at radius 1 is 1.24 bits per heavy atom. The number of esters is 1. The number of hydrogen-bond acceptors (Lipinski definition) is 6. The Bertz CT molecular complexity index is 822. The molecule has 3 rings (SSSR count). The van der Waals surface area contributed by atoms with E-state index in [0.29, 0.717) is 18.4 Å². The molecule has 2 aliphatic rings. The number of methoxy groups -OCH3 is 1. The summed E-state index contributed by atoms with van der Waals surface area (Å²) >= 11 is 0. The minimum atomic E-state index is -1.05. The van der Waals surface area contributed by atoms with E-state index in [1.54, 1.807) is 24.3 Å². The van der Waals surface area contributed by atoms with Crippen LogP contribution in [0.1, 0.15) is 50.9 Å². The number of carbonyl (C=O) groups excluding carboxylic acids is 2. The number of anilines is 1. The van der Waals surface area contributed by atoms with Crippen molar-refractivity contribution in [2.24, 2.45) is 11.3 Å². The summed E-state index contributed by atoms with van der Waals surface area (Å²) in [6, 6.07) is 6.93. The van der Waals surface area contributed by atoms with Crippen molar-refractivity contribution in [2.75, 3.05) is 18.6 Å². The van der Waals surface area contributed by atoms with E-state index in [0.717, 1.165) is 5.69 Å². The zero-order valence-corrected chi connectivity index (χ0v) is 17.5. The number of aliphatic carboxylic acids is 1. The molecule has 158 valence electrons. The standard InChI is InChI=1S/C21H29N3O5/c1-19(2,3)20(4)23-18(28)21(11-10-14(12-22-21)16(25)26)24(20)15-8-6-13(7-9-15)17(27)29-5/h6-9,14,22H,10-12H2,1-5H3,(H,23,28)(H,25,26). The quantitative estimate of drug-likeness (QED) is 0.662. The molecule has 0 aromatic heterocycles. The molecular formula is C21H29N3O5. The Balaban J connectivity index is 2.07. The van der Waals surface area contributed by atoms with Gasteiger partial charge in [-0.15, -0.1) is 0 Å². The van der Waals surface area contributed by atoms with Crippen LogP contribution in [0.15, 0.2) is 24.3 Å². The van der Waals surface area contributed by atoms with Crippen LogP contribution in [0.5, 0.6) is 0 Å². The highest BCUT2D eigenvalue weighted by molar-refractivity contribution is 5.96. The molecule has 1 aromatic rings. The Morgan fingerprint density at radius 3 is 2.31 bits per heavy atom. The van der Waals surface area contributed by atoms with E-state index in [4.69, 9.17) is 4.74 Å². The minimum absolute atomic E-state index is 0.171. The second-order valence-corrected chi connectivity index (χ2v) is 8.97. The van der Waals surface area contributed by atoms with Crippen LogP contribution < -0.4 is 15.5 Å². The van der Waals surface area contributed by atoms with E-state index in [2.05, 4.69) is 10.6 Å². The molecule has 2 heterocycles. The van der Waals surface area contributed by atoms with Gasteiger partial charge in [0.05, 0.1) is 18.6 Å². The number of rotatable bonds is 3. The van der Waals surface area contributed by atoms with Crippen LogP contribution in [0.4, 0.5) is 5.69 Å². The number of piperidine rings is 1. The fraction of sp³-hybridized carbons (Fsp3) is 0.571. The van der Waals surface area contributed by atoms with Crippen molar-refractivity contribution in [3.05, 3.63) is 29.8 Å². The largest absolute Gasteiger partial charge is 0.481 e. The van der Waals surface area contributed by atoms with Crippen LogP contribution in [-0.4, -0.2) is 47.9 Å². The molecule has 0 aliphatic carbocycles. The fourth-order valence-corrected chi connectivity index (χ4v) is 4.19. The maximum atomic E-state index is 13.3. The Kier molecular flexibility index (Phi) is 5.11. The summed E-state index contributed by atoms with van der Waals surface area (Å²) in [4.78, 5) is 38.5. The van der Waals surface area contributed by atoms with Crippen LogP contribution in [-0.2, 0) is 14.3 Å². The summed E-state index contributed by atoms with van der Waals surface area (Å²) in [5, 5.41) is 15.8. The average molecular weight is 403 g/mol. The van der Waals surface area contributed by atoms with Crippen LogP contribution in [0.3, 0.4) is 0 Å². The number of ether oxygens (including phenoxy) is 1. The van der Waals surface area contributed by atoms with E-state index in [1.165, 1.54) is 7.11 Å². The van der Waals surface area contributed by atoms with Crippen molar-refractivity contribution in [3.8, 4) is 0 Å². The second kappa shape index (κ2) is 7.02. The van der Waals surface area contributed by atoms with Crippen molar-refractivity contribution < 1.29 is 24.2 Å². The molecule has 2 fully saturated rings. The van der Waals surface area contributed by atoms with Crippen molar-refractivity contribution >= 4 is 23.5 Å². The van der Waals surface area contributed by atoms with Crippen molar-refractivity contribution in [1.82, 2.24) is 10.6 Å². The minimum Gasteiger partial charge on any atom is -0.481 e. The Labute approximate surface area is 170 Å². The van der Waals surface area contributed by atoms with Gasteiger partial charge < -0.3 is 20.1 Å². The number of carbonyl (C=O) groups is 3. The molecule has 0 bridgehead atoms. The van der Waals surface area contributed by atoms with Crippen LogP contribution >= 0.6 is 0 Å². The van der Waals surface area contributed by atoms with Crippen molar-refractivity contribution in [1.29, 1.82) is 0 Å². The number of nitrogens with zero attached hydrogens (tertiary/aromatic N) is 1. The SMILES string of the molecule is COC(=O)c1ccc(N2C3(CCC(C(=O)O)CN3)C(=O)NC2(C)C(C)(C)C)cc1. The van der Waals surface area contributed by atoms with E-state index < -0.39 is 29.2 Å². The van der Waals surface area contributed by atoms with Crippen LogP contribution in [0.2, 0.25) is 0 Å². The lowest BCUT2D eigenvalue weighted by atomic mass is 9.79. The zero-order valence-electron chi connectivity index (χ0n) is 17.5. The number of carboxylic acids is 1. The zero-order chi connectivity index (χ0) is 21.6. The van der Waals surface area contributed by atoms with Gasteiger partial charge in [0.15, 0.2) is 5.66 Å². The Morgan fingerprint density at radius 2 is 1.86 bits per heavy atom. The molecule has 0 saturated carbocycles. The third-order valence-corrected chi connectivity index (χ3v) is 6.41. The maximum Gasteiger partial charge on any atom is 0.337 e. The number of amides is 1. The molecule has 8 heteroatoms. The summed E-state index contributed by atoms with van der Waals surface area (Å²) in [6.07, 6.45) is 0.757. The maximum absolute atomic E-state index is 13.3. The summed E-state index contributed by atoms with van der Waals surface area (Å²) in [5.74, 6) is -1.99. The first-order valence-electron chi connectivity index (χ1n) is 9.75. The molecule has 3 N–H and O–H groups in total. The number of benzene rings is 1. The van der Waals surface area contributed by atoms with Gasteiger partial charge in [-0.1, -0.05) is 20.8 Å². The first-order chi connectivity index (χ1) is 13.5. The second-order valence-electron chi connectivity index (χ2n) is 8.97. The van der Waals surface area contributed by atoms with Gasteiger partial charge in [0.25, 0.3) is 5.91 Å². The van der Waals surface area contributed by atoms with Gasteiger partial charge in [-0.2, -0.15) is 0 Å². The molecule has 0 radical (unpaired) electrons. The Hall–Kier alpha value is -2.61. The summed E-state index contributed by atoms with van der Waals surface area (Å²) in [7, 11) is 1.33.